The van der Waals surface area contributed by atoms with Gasteiger partial charge >= 0.3 is 14.6 Å². The van der Waals surface area contributed by atoms with Crippen LogP contribution in [-0.2, 0) is 0 Å². The number of hydrogen-bond donors (Lipinski definition) is 2. The smallest absolute Gasteiger partial charge is 0.336 e. The van der Waals surface area contributed by atoms with Crippen LogP contribution in [0.3, 0.4) is 0 Å². The highest BCUT2D eigenvalue weighted by Gasteiger charge is 2.53. The Balaban J connectivity index is 6.32. The standard InChI is InChI=1S/2C6H19N2Si2.C4H9.Al/c2*1-9(2,3)7-8-10(4,5)6;1-4(2)3;/h2*7H,1-6H3;1-3H3;/q2*-1;;+2. The normalized spacial score (nSPS) is 15.2. The maximum absolute atomic E-state index is 4.09. The molecule has 0 saturated heterocycles. The van der Waals surface area contributed by atoms with Crippen LogP contribution in [0.5, 0.6) is 0 Å². The fraction of sp³-hybridized carbons (Fsp3) is 1.00. The third-order valence-electron chi connectivity index (χ3n) is 3.62. The Morgan fingerprint density at radius 1 is 0.560 bits per heavy atom. The SMILES string of the molecule is C[C](C)(C)[Al]([N](N[Si](C)(C)C)[Si](C)(C)C)[N](N[Si](C)(C)C)[Si](C)(C)C. The van der Waals surface area contributed by atoms with Gasteiger partial charge in [0, 0.05) is 0 Å². The molecule has 0 aromatic rings. The number of rotatable bonds is 8. The van der Waals surface area contributed by atoms with E-state index >= 15 is 0 Å². The Labute approximate surface area is 168 Å². The molecule has 0 radical (unpaired) electrons. The molecule has 0 aromatic carbocycles. The van der Waals surface area contributed by atoms with Gasteiger partial charge in [-0.3, -0.25) is 0 Å². The summed E-state index contributed by atoms with van der Waals surface area (Å²) in [5.74, 6) is 0. The second-order valence-electron chi connectivity index (χ2n) is 12.5. The summed E-state index contributed by atoms with van der Waals surface area (Å²) in [5.41, 5.74) is 0. The molecule has 0 bridgehead atoms. The van der Waals surface area contributed by atoms with E-state index in [0.29, 0.717) is 4.28 Å². The molecule has 0 fully saturated rings. The second-order valence-corrected chi connectivity index (χ2v) is 36.2. The minimum atomic E-state index is -1.51. The van der Waals surface area contributed by atoms with Gasteiger partial charge in [-0.15, -0.1) is 0 Å². The van der Waals surface area contributed by atoms with Gasteiger partial charge in [-0.2, -0.15) is 0 Å². The lowest BCUT2D eigenvalue weighted by atomic mass is 10.2. The van der Waals surface area contributed by atoms with Crippen LogP contribution >= 0.6 is 0 Å². The van der Waals surface area contributed by atoms with E-state index in [1.54, 1.807) is 0 Å². The first-order valence-electron chi connectivity index (χ1n) is 9.70. The van der Waals surface area contributed by atoms with Crippen LogP contribution in [0.4, 0.5) is 0 Å². The summed E-state index contributed by atoms with van der Waals surface area (Å²) in [7, 11) is -5.86. The molecule has 25 heavy (non-hydrogen) atoms. The molecule has 0 aliphatic rings. The van der Waals surface area contributed by atoms with Gasteiger partial charge in [-0.25, -0.2) is 0 Å². The summed E-state index contributed by atoms with van der Waals surface area (Å²) in [6.45, 7) is 37.0. The Morgan fingerprint density at radius 2 is 0.800 bits per heavy atom. The van der Waals surface area contributed by atoms with Gasteiger partial charge < -0.3 is 17.5 Å². The lowest BCUT2D eigenvalue weighted by molar-refractivity contribution is 0.432. The summed E-state index contributed by atoms with van der Waals surface area (Å²) in [6.07, 6.45) is 0. The van der Waals surface area contributed by atoms with Gasteiger partial charge in [-0.1, -0.05) is 99.3 Å². The fourth-order valence-corrected chi connectivity index (χ4v) is 23.3. The maximum atomic E-state index is 4.09. The van der Waals surface area contributed by atoms with Gasteiger partial charge in [0.1, 0.15) is 32.9 Å². The Morgan fingerprint density at radius 3 is 0.920 bits per heavy atom. The third-order valence-corrected chi connectivity index (χ3v) is 18.4. The quantitative estimate of drug-likeness (QED) is 0.404. The lowest BCUT2D eigenvalue weighted by Gasteiger charge is -2.54. The molecule has 2 N–H and O–H groups in total. The Bertz CT molecular complexity index is 394. The average molecular weight is 435 g/mol. The third kappa shape index (κ3) is 9.83. The zero-order chi connectivity index (χ0) is 20.6. The first-order chi connectivity index (χ1) is 10.6. The molecule has 9 heteroatoms. The lowest BCUT2D eigenvalue weighted by Crippen LogP contribution is -2.79. The molecule has 0 aliphatic carbocycles. The first kappa shape index (κ1) is 26.2. The van der Waals surface area contributed by atoms with E-state index in [4.69, 9.17) is 0 Å². The molecular weight excluding hydrogens is 388 g/mol. The molecule has 0 atom stereocenters. The highest BCUT2D eigenvalue weighted by molar-refractivity contribution is 6.91. The summed E-state index contributed by atoms with van der Waals surface area (Å²) < 4.78 is 5.97. The van der Waals surface area contributed by atoms with Crippen molar-refractivity contribution >= 4 is 47.5 Å². The van der Waals surface area contributed by atoms with E-state index in [0.717, 1.165) is 0 Å². The van der Waals surface area contributed by atoms with Crippen LogP contribution in [0, 0.1) is 0 Å². The van der Waals surface area contributed by atoms with Crippen LogP contribution in [0.25, 0.3) is 0 Å². The van der Waals surface area contributed by atoms with Gasteiger partial charge in [-0.05, 0) is 4.28 Å². The van der Waals surface area contributed by atoms with Crippen LogP contribution < -0.4 is 10.2 Å². The molecule has 0 spiro atoms. The van der Waals surface area contributed by atoms with Crippen molar-refractivity contribution < 1.29 is 0 Å². The molecule has 0 amide bonds. The van der Waals surface area contributed by atoms with E-state index in [2.05, 4.69) is 117 Å². The average Bonchev–Trinajstić information content (AvgIpc) is 2.18. The van der Waals surface area contributed by atoms with Crippen molar-refractivity contribution in [1.82, 2.24) is 17.5 Å². The number of nitrogens with zero attached hydrogens (tertiary/aromatic N) is 2. The second kappa shape index (κ2) is 8.31. The van der Waals surface area contributed by atoms with Crippen LogP contribution in [-0.4, -0.2) is 54.8 Å². The van der Waals surface area contributed by atoms with Crippen LogP contribution in [0.2, 0.25) is 82.8 Å². The summed E-state index contributed by atoms with van der Waals surface area (Å²) >= 11 is -1.46. The Hall–Kier alpha value is 1.24. The van der Waals surface area contributed by atoms with E-state index in [-0.39, 0.29) is 0 Å². The zero-order valence-corrected chi connectivity index (χ0v) is 25.1. The molecular formula is C16H47AlN4Si4. The summed E-state index contributed by atoms with van der Waals surface area (Å²) in [5, 5.41) is 8.19. The van der Waals surface area contributed by atoms with Crippen molar-refractivity contribution in [2.24, 2.45) is 0 Å². The first-order valence-corrected chi connectivity index (χ1v) is 25.2. The highest BCUT2D eigenvalue weighted by atomic mass is 28.4. The molecule has 150 valence electrons. The molecule has 0 saturated carbocycles. The number of hydrazine groups is 2. The summed E-state index contributed by atoms with van der Waals surface area (Å²) in [6, 6.07) is 0. The van der Waals surface area contributed by atoms with E-state index < -0.39 is 47.5 Å². The largest absolute Gasteiger partial charge is 0.508 e. The molecule has 0 aliphatic heterocycles. The predicted octanol–water partition coefficient (Wildman–Crippen LogP) is 5.23. The molecule has 4 nitrogen and oxygen atoms in total. The molecule has 0 aromatic heterocycles. The maximum Gasteiger partial charge on any atom is 0.508 e. The van der Waals surface area contributed by atoms with Gasteiger partial charge in [0.15, 0.2) is 0 Å². The number of hydrogen-bond acceptors (Lipinski definition) is 4. The van der Waals surface area contributed by atoms with E-state index in [1.807, 2.05) is 0 Å². The van der Waals surface area contributed by atoms with Crippen LogP contribution in [0.15, 0.2) is 0 Å². The predicted molar refractivity (Wildman–Crippen MR) is 129 cm³/mol. The van der Waals surface area contributed by atoms with Crippen molar-refractivity contribution in [2.45, 2.75) is 104 Å². The summed E-state index contributed by atoms with van der Waals surface area (Å²) in [4.78, 5) is 0. The minimum Gasteiger partial charge on any atom is -0.336 e. The molecule has 0 heterocycles. The number of nitrogens with one attached hydrogen (secondary N) is 2. The molecule has 0 rings (SSSR count). The fourth-order valence-electron chi connectivity index (χ4n) is 2.80. The zero-order valence-electron chi connectivity index (χ0n) is 20.0. The van der Waals surface area contributed by atoms with Crippen LogP contribution in [0.1, 0.15) is 20.8 Å². The highest BCUT2D eigenvalue weighted by Crippen LogP contribution is 2.35. The van der Waals surface area contributed by atoms with Gasteiger partial charge in [0.05, 0.1) is 0 Å². The van der Waals surface area contributed by atoms with Crippen molar-refractivity contribution in [3.8, 4) is 0 Å². The van der Waals surface area contributed by atoms with E-state index in [1.165, 1.54) is 0 Å². The molecule has 0 unspecified atom stereocenters. The van der Waals surface area contributed by atoms with Gasteiger partial charge in [0.2, 0.25) is 0 Å². The monoisotopic (exact) mass is 434 g/mol. The van der Waals surface area contributed by atoms with E-state index in [9.17, 15) is 0 Å². The van der Waals surface area contributed by atoms with Crippen molar-refractivity contribution in [3.05, 3.63) is 0 Å². The van der Waals surface area contributed by atoms with Crippen molar-refractivity contribution in [3.63, 3.8) is 0 Å². The van der Waals surface area contributed by atoms with Gasteiger partial charge in [0.25, 0.3) is 0 Å². The Kier molecular flexibility index (Phi) is 8.72. The topological polar surface area (TPSA) is 30.5 Å². The minimum absolute atomic E-state index is 0.292. The van der Waals surface area contributed by atoms with Crippen molar-refractivity contribution in [2.75, 3.05) is 0 Å². The van der Waals surface area contributed by atoms with Crippen molar-refractivity contribution in [1.29, 1.82) is 0 Å².